The number of sulfone groups is 1. The Morgan fingerprint density at radius 3 is 2.61 bits per heavy atom. The van der Waals surface area contributed by atoms with E-state index >= 15 is 0 Å². The zero-order chi connectivity index (χ0) is 17.0. The number of amides is 1. The number of benzene rings is 1. The Hall–Kier alpha value is -2.15. The first-order chi connectivity index (χ1) is 10.8. The fourth-order valence-corrected chi connectivity index (χ4v) is 4.49. The molecule has 6 nitrogen and oxygen atoms in total. The van der Waals surface area contributed by atoms with Gasteiger partial charge in [0.1, 0.15) is 0 Å². The van der Waals surface area contributed by atoms with Crippen LogP contribution in [-0.4, -0.2) is 54.4 Å². The fourth-order valence-electron chi connectivity index (χ4n) is 2.76. The van der Waals surface area contributed by atoms with E-state index in [-0.39, 0.29) is 42.0 Å². The molecule has 1 unspecified atom stereocenters. The van der Waals surface area contributed by atoms with Gasteiger partial charge >= 0.3 is 5.97 Å². The molecule has 0 bridgehead atoms. The monoisotopic (exact) mass is 337 g/mol. The summed E-state index contributed by atoms with van der Waals surface area (Å²) in [4.78, 5) is 25.3. The first kappa shape index (κ1) is 17.2. The first-order valence-corrected chi connectivity index (χ1v) is 9.08. The summed E-state index contributed by atoms with van der Waals surface area (Å²) in [6.45, 7) is 3.85. The third kappa shape index (κ3) is 4.19. The van der Waals surface area contributed by atoms with E-state index in [4.69, 9.17) is 0 Å². The van der Waals surface area contributed by atoms with Crippen molar-refractivity contribution in [1.29, 1.82) is 0 Å². The molecule has 1 amide bonds. The van der Waals surface area contributed by atoms with Gasteiger partial charge in [0.15, 0.2) is 9.84 Å². The molecule has 1 aromatic carbocycles. The lowest BCUT2D eigenvalue weighted by Crippen LogP contribution is -2.42. The van der Waals surface area contributed by atoms with Crippen LogP contribution < -0.4 is 0 Å². The Kier molecular flexibility index (Phi) is 5.20. The predicted octanol–water partition coefficient (Wildman–Crippen LogP) is 1.13. The quantitative estimate of drug-likeness (QED) is 0.786. The Labute approximate surface area is 135 Å². The van der Waals surface area contributed by atoms with Gasteiger partial charge in [-0.15, -0.1) is 6.58 Å². The highest BCUT2D eigenvalue weighted by atomic mass is 32.2. The average Bonchev–Trinajstić information content (AvgIpc) is 2.84. The average molecular weight is 337 g/mol. The number of carbonyl (C=O) groups excluding carboxylic acids is 1. The Bertz CT molecular complexity index is 726. The smallest absolute Gasteiger partial charge is 0.335 e. The zero-order valence-corrected chi connectivity index (χ0v) is 13.5. The maximum Gasteiger partial charge on any atom is 0.335 e. The molecule has 1 fully saturated rings. The van der Waals surface area contributed by atoms with Crippen molar-refractivity contribution in [3.63, 3.8) is 0 Å². The zero-order valence-electron chi connectivity index (χ0n) is 12.6. The summed E-state index contributed by atoms with van der Waals surface area (Å²) in [5.41, 5.74) is 0.498. The predicted molar refractivity (Wildman–Crippen MR) is 86.1 cm³/mol. The van der Waals surface area contributed by atoms with Crippen molar-refractivity contribution in [2.45, 2.75) is 18.9 Å². The summed E-state index contributed by atoms with van der Waals surface area (Å²) in [5, 5.41) is 9.18. The Morgan fingerprint density at radius 1 is 1.35 bits per heavy atom. The van der Waals surface area contributed by atoms with Crippen LogP contribution >= 0.6 is 0 Å². The number of rotatable bonds is 6. The van der Waals surface area contributed by atoms with E-state index in [1.807, 2.05) is 0 Å². The molecule has 1 saturated heterocycles. The van der Waals surface area contributed by atoms with Crippen molar-refractivity contribution in [2.24, 2.45) is 0 Å². The number of hydrogen-bond acceptors (Lipinski definition) is 4. The number of carbonyl (C=O) groups is 2. The van der Waals surface area contributed by atoms with Crippen LogP contribution in [0.15, 0.2) is 36.9 Å². The van der Waals surface area contributed by atoms with Crippen LogP contribution in [0, 0.1) is 0 Å². The van der Waals surface area contributed by atoms with Crippen LogP contribution in [-0.2, 0) is 21.1 Å². The summed E-state index contributed by atoms with van der Waals surface area (Å²) >= 11 is 0. The van der Waals surface area contributed by atoms with Gasteiger partial charge in [-0.3, -0.25) is 4.79 Å². The van der Waals surface area contributed by atoms with Gasteiger partial charge in [0.05, 0.1) is 23.5 Å². The summed E-state index contributed by atoms with van der Waals surface area (Å²) in [7, 11) is -3.11. The normalized spacial score (nSPS) is 19.2. The highest BCUT2D eigenvalue weighted by molar-refractivity contribution is 7.91. The van der Waals surface area contributed by atoms with E-state index in [9.17, 15) is 23.1 Å². The van der Waals surface area contributed by atoms with Crippen LogP contribution in [0.1, 0.15) is 22.3 Å². The first-order valence-electron chi connectivity index (χ1n) is 7.26. The van der Waals surface area contributed by atoms with Gasteiger partial charge in [-0.1, -0.05) is 24.3 Å². The molecule has 1 N–H and O–H groups in total. The van der Waals surface area contributed by atoms with Crippen molar-refractivity contribution < 1.29 is 23.1 Å². The number of carboxylic acid groups (broad SMARTS) is 1. The van der Waals surface area contributed by atoms with Crippen LogP contribution in [0.4, 0.5) is 0 Å². The van der Waals surface area contributed by atoms with Crippen LogP contribution in [0.2, 0.25) is 0 Å². The minimum Gasteiger partial charge on any atom is -0.478 e. The molecule has 1 aromatic rings. The second-order valence-electron chi connectivity index (χ2n) is 5.53. The Balaban J connectivity index is 2.19. The van der Waals surface area contributed by atoms with Crippen LogP contribution in [0.25, 0.3) is 0 Å². The van der Waals surface area contributed by atoms with Gasteiger partial charge in [-0.25, -0.2) is 13.2 Å². The number of aromatic carboxylic acids is 1. The molecule has 1 aliphatic rings. The number of carboxylic acids is 1. The van der Waals surface area contributed by atoms with Crippen molar-refractivity contribution in [3.05, 3.63) is 48.0 Å². The molecule has 0 radical (unpaired) electrons. The fraction of sp³-hybridized carbons (Fsp3) is 0.375. The minimum absolute atomic E-state index is 0.0485. The van der Waals surface area contributed by atoms with Crippen LogP contribution in [0.5, 0.6) is 0 Å². The molecule has 1 atom stereocenters. The summed E-state index contributed by atoms with van der Waals surface area (Å²) < 4.78 is 23.3. The summed E-state index contributed by atoms with van der Waals surface area (Å²) in [6, 6.07) is 5.94. The third-order valence-electron chi connectivity index (χ3n) is 3.88. The molecular weight excluding hydrogens is 318 g/mol. The second kappa shape index (κ2) is 6.95. The van der Waals surface area contributed by atoms with E-state index in [0.29, 0.717) is 12.0 Å². The highest BCUT2D eigenvalue weighted by Crippen LogP contribution is 2.20. The molecule has 124 valence electrons. The van der Waals surface area contributed by atoms with E-state index in [1.165, 1.54) is 11.0 Å². The van der Waals surface area contributed by atoms with Crippen LogP contribution in [0.3, 0.4) is 0 Å². The van der Waals surface area contributed by atoms with E-state index in [1.54, 1.807) is 24.3 Å². The molecule has 0 aromatic heterocycles. The molecule has 1 heterocycles. The lowest BCUT2D eigenvalue weighted by molar-refractivity contribution is -0.131. The molecule has 23 heavy (non-hydrogen) atoms. The van der Waals surface area contributed by atoms with E-state index < -0.39 is 15.8 Å². The maximum atomic E-state index is 12.6. The molecule has 0 saturated carbocycles. The molecule has 1 aliphatic heterocycles. The largest absolute Gasteiger partial charge is 0.478 e. The van der Waals surface area contributed by atoms with Gasteiger partial charge in [0.25, 0.3) is 0 Å². The minimum atomic E-state index is -3.11. The lowest BCUT2D eigenvalue weighted by Gasteiger charge is -2.27. The van der Waals surface area contributed by atoms with Crippen molar-refractivity contribution in [3.8, 4) is 0 Å². The summed E-state index contributed by atoms with van der Waals surface area (Å²) in [6.07, 6.45) is 1.88. The van der Waals surface area contributed by atoms with Crippen molar-refractivity contribution in [1.82, 2.24) is 4.90 Å². The molecular formula is C16H19NO5S. The van der Waals surface area contributed by atoms with Gasteiger partial charge in [-0.2, -0.15) is 0 Å². The standard InChI is InChI=1S/C16H19NO5S/c1-2-8-17(13-7-9-23(21,22)11-13)15(18)10-12-5-3-4-6-14(12)16(19)20/h2-6,13H,1,7-11H2,(H,19,20). The highest BCUT2D eigenvalue weighted by Gasteiger charge is 2.34. The van der Waals surface area contributed by atoms with Gasteiger partial charge < -0.3 is 10.0 Å². The molecule has 2 rings (SSSR count). The SMILES string of the molecule is C=CCN(C(=O)Cc1ccccc1C(=O)O)C1CCS(=O)(=O)C1. The number of hydrogen-bond donors (Lipinski definition) is 1. The lowest BCUT2D eigenvalue weighted by atomic mass is 10.0. The molecule has 0 spiro atoms. The van der Waals surface area contributed by atoms with Crippen molar-refractivity contribution in [2.75, 3.05) is 18.1 Å². The van der Waals surface area contributed by atoms with Gasteiger partial charge in [-0.05, 0) is 18.1 Å². The topological polar surface area (TPSA) is 91.8 Å². The van der Waals surface area contributed by atoms with Crippen molar-refractivity contribution >= 4 is 21.7 Å². The number of nitrogens with zero attached hydrogens (tertiary/aromatic N) is 1. The maximum absolute atomic E-state index is 12.6. The van der Waals surface area contributed by atoms with Gasteiger partial charge in [0.2, 0.25) is 5.91 Å². The molecule has 7 heteroatoms. The molecule has 0 aliphatic carbocycles. The van der Waals surface area contributed by atoms with E-state index in [2.05, 4.69) is 6.58 Å². The van der Waals surface area contributed by atoms with Gasteiger partial charge in [0, 0.05) is 12.6 Å². The third-order valence-corrected chi connectivity index (χ3v) is 5.64. The second-order valence-corrected chi connectivity index (χ2v) is 7.76. The van der Waals surface area contributed by atoms with E-state index in [0.717, 1.165) is 0 Å². The Morgan fingerprint density at radius 2 is 2.04 bits per heavy atom. The summed E-state index contributed by atoms with van der Waals surface area (Å²) in [5.74, 6) is -1.36.